The quantitative estimate of drug-likeness (QED) is 0.166. The van der Waals surface area contributed by atoms with Crippen LogP contribution in [0.15, 0.2) is 206 Å². The smallest absolute Gasteiger partial charge is 0.0541 e. The van der Waals surface area contributed by atoms with Crippen molar-refractivity contribution in [1.29, 1.82) is 0 Å². The van der Waals surface area contributed by atoms with Crippen molar-refractivity contribution in [3.05, 3.63) is 206 Å². The molecule has 0 saturated carbocycles. The summed E-state index contributed by atoms with van der Waals surface area (Å²) < 4.78 is 7.41. The van der Waals surface area contributed by atoms with Gasteiger partial charge in [0.05, 0.1) is 22.1 Å². The fourth-order valence-corrected chi connectivity index (χ4v) is 10.3. The third-order valence-corrected chi connectivity index (χ3v) is 12.8. The second-order valence-electron chi connectivity index (χ2n) is 14.9. The molecule has 9 aromatic carbocycles. The van der Waals surface area contributed by atoms with Crippen LogP contribution in [0.4, 0.5) is 0 Å². The van der Waals surface area contributed by atoms with Gasteiger partial charge in [0.25, 0.3) is 0 Å². The highest BCUT2D eigenvalue weighted by atomic mass is 32.1. The molecule has 0 aliphatic rings. The van der Waals surface area contributed by atoms with Gasteiger partial charge < -0.3 is 9.13 Å². The van der Waals surface area contributed by atoms with Crippen LogP contribution in [0.5, 0.6) is 0 Å². The molecule has 57 heavy (non-hydrogen) atoms. The molecule has 0 fully saturated rings. The average molecular weight is 743 g/mol. The molecule has 0 radical (unpaired) electrons. The predicted octanol–water partition coefficient (Wildman–Crippen LogP) is 15.2. The van der Waals surface area contributed by atoms with Crippen LogP contribution >= 0.6 is 11.3 Å². The number of rotatable bonds is 5. The average Bonchev–Trinajstić information content (AvgIpc) is 3.94. The largest absolute Gasteiger partial charge is 0.309 e. The van der Waals surface area contributed by atoms with Crippen LogP contribution < -0.4 is 0 Å². The molecule has 3 heterocycles. The van der Waals surface area contributed by atoms with Crippen LogP contribution in [0.2, 0.25) is 0 Å². The Kier molecular flexibility index (Phi) is 7.13. The van der Waals surface area contributed by atoms with Gasteiger partial charge in [0.2, 0.25) is 0 Å². The summed E-state index contributed by atoms with van der Waals surface area (Å²) in [7, 11) is 0. The zero-order valence-electron chi connectivity index (χ0n) is 30.9. The van der Waals surface area contributed by atoms with Gasteiger partial charge in [-0.25, -0.2) is 0 Å². The Hall–Kier alpha value is -7.20. The van der Waals surface area contributed by atoms with Crippen molar-refractivity contribution in [2.24, 2.45) is 0 Å². The molecule has 0 atom stereocenters. The van der Waals surface area contributed by atoms with Gasteiger partial charge in [0, 0.05) is 53.1 Å². The highest BCUT2D eigenvalue weighted by molar-refractivity contribution is 7.26. The fraction of sp³-hybridized carbons (Fsp3) is 0. The van der Waals surface area contributed by atoms with Crippen molar-refractivity contribution in [2.45, 2.75) is 0 Å². The molecule has 3 aromatic heterocycles. The van der Waals surface area contributed by atoms with E-state index in [1.165, 1.54) is 103 Å². The number of hydrogen-bond donors (Lipinski definition) is 0. The number of thiophene rings is 1. The minimum Gasteiger partial charge on any atom is -0.309 e. The fourth-order valence-electron chi connectivity index (χ4n) is 9.11. The van der Waals surface area contributed by atoms with Crippen molar-refractivity contribution in [3.63, 3.8) is 0 Å². The van der Waals surface area contributed by atoms with Crippen molar-refractivity contribution in [1.82, 2.24) is 9.13 Å². The van der Waals surface area contributed by atoms with Gasteiger partial charge in [-0.05, 0) is 112 Å². The number of nitrogens with zero attached hydrogens (tertiary/aromatic N) is 2. The Morgan fingerprint density at radius 1 is 0.281 bits per heavy atom. The standard InChI is InChI=1S/C54H34N2S/c1-3-13-35(14-4-1)36-23-27-41(28-24-36)56-49-21-11-8-18-43(49)47-32-38(26-30-51(47)56)45-33-39(34-53-54(45)44-19-9-12-22-52(44)57-53)37-25-29-50-46(31-37)42-17-7-10-20-48(42)55(50)40-15-5-2-6-16-40/h1-34H. The van der Waals surface area contributed by atoms with Gasteiger partial charge in [-0.2, -0.15) is 0 Å². The second kappa shape index (κ2) is 12.7. The third kappa shape index (κ3) is 5.03. The molecule has 0 saturated heterocycles. The highest BCUT2D eigenvalue weighted by Gasteiger charge is 2.19. The van der Waals surface area contributed by atoms with Gasteiger partial charge in [-0.3, -0.25) is 0 Å². The molecular formula is C54H34N2S. The summed E-state index contributed by atoms with van der Waals surface area (Å²) in [5, 5.41) is 7.66. The molecule has 0 amide bonds. The molecule has 0 bridgehead atoms. The first-order valence-corrected chi connectivity index (χ1v) is 20.3. The Morgan fingerprint density at radius 3 is 1.46 bits per heavy atom. The second-order valence-corrected chi connectivity index (χ2v) is 16.0. The van der Waals surface area contributed by atoms with Crippen LogP contribution in [0.25, 0.3) is 109 Å². The van der Waals surface area contributed by atoms with Gasteiger partial charge >= 0.3 is 0 Å². The van der Waals surface area contributed by atoms with E-state index in [1.807, 2.05) is 11.3 Å². The minimum atomic E-state index is 1.16. The zero-order chi connectivity index (χ0) is 37.5. The molecule has 0 aliphatic carbocycles. The first-order valence-electron chi connectivity index (χ1n) is 19.5. The van der Waals surface area contributed by atoms with E-state index in [-0.39, 0.29) is 0 Å². The van der Waals surface area contributed by atoms with E-state index in [1.54, 1.807) is 0 Å². The minimum absolute atomic E-state index is 1.16. The Morgan fingerprint density at radius 2 is 0.772 bits per heavy atom. The lowest BCUT2D eigenvalue weighted by Gasteiger charge is -2.12. The molecule has 0 N–H and O–H groups in total. The molecule has 0 aliphatic heterocycles. The lowest BCUT2D eigenvalue weighted by atomic mass is 9.93. The van der Waals surface area contributed by atoms with E-state index in [0.29, 0.717) is 0 Å². The van der Waals surface area contributed by atoms with E-state index in [4.69, 9.17) is 0 Å². The molecule has 0 spiro atoms. The SMILES string of the molecule is c1ccc(-c2ccc(-n3c4ccccc4c4cc(-c5cc(-c6ccc7c(c6)c6ccccc6n7-c6ccccc6)cc6sc7ccccc7c56)ccc43)cc2)cc1. The van der Waals surface area contributed by atoms with Gasteiger partial charge in [-0.1, -0.05) is 127 Å². The third-order valence-electron chi connectivity index (χ3n) is 11.7. The van der Waals surface area contributed by atoms with E-state index in [9.17, 15) is 0 Å². The first-order chi connectivity index (χ1) is 28.3. The van der Waals surface area contributed by atoms with E-state index >= 15 is 0 Å². The summed E-state index contributed by atoms with van der Waals surface area (Å²) >= 11 is 1.89. The lowest BCUT2D eigenvalue weighted by Crippen LogP contribution is -1.93. The lowest BCUT2D eigenvalue weighted by molar-refractivity contribution is 1.18. The maximum atomic E-state index is 2.43. The summed E-state index contributed by atoms with van der Waals surface area (Å²) in [4.78, 5) is 0. The van der Waals surface area contributed by atoms with Gasteiger partial charge in [0.1, 0.15) is 0 Å². The molecule has 12 aromatic rings. The number of para-hydroxylation sites is 3. The van der Waals surface area contributed by atoms with E-state index in [0.717, 1.165) is 5.69 Å². The van der Waals surface area contributed by atoms with Crippen LogP contribution in [-0.4, -0.2) is 9.13 Å². The summed E-state index contributed by atoms with van der Waals surface area (Å²) in [6.07, 6.45) is 0. The van der Waals surface area contributed by atoms with Crippen LogP contribution in [0.3, 0.4) is 0 Å². The van der Waals surface area contributed by atoms with Crippen molar-refractivity contribution < 1.29 is 0 Å². The van der Waals surface area contributed by atoms with Crippen molar-refractivity contribution >= 4 is 75.1 Å². The molecule has 2 nitrogen and oxygen atoms in total. The van der Waals surface area contributed by atoms with Gasteiger partial charge in [0.15, 0.2) is 0 Å². The highest BCUT2D eigenvalue weighted by Crippen LogP contribution is 2.45. The monoisotopic (exact) mass is 742 g/mol. The van der Waals surface area contributed by atoms with Crippen molar-refractivity contribution in [2.75, 3.05) is 0 Å². The van der Waals surface area contributed by atoms with Crippen LogP contribution in [-0.2, 0) is 0 Å². The van der Waals surface area contributed by atoms with Crippen LogP contribution in [0, 0.1) is 0 Å². The molecule has 0 unspecified atom stereocenters. The number of fused-ring (bicyclic) bond motifs is 9. The van der Waals surface area contributed by atoms with Crippen molar-refractivity contribution in [3.8, 4) is 44.8 Å². The summed E-state index contributed by atoms with van der Waals surface area (Å²) in [6.45, 7) is 0. The molecular weight excluding hydrogens is 709 g/mol. The summed E-state index contributed by atoms with van der Waals surface area (Å²) in [5.74, 6) is 0. The molecule has 3 heteroatoms. The topological polar surface area (TPSA) is 9.86 Å². The Balaban J connectivity index is 1.06. The molecule has 266 valence electrons. The summed E-state index contributed by atoms with van der Waals surface area (Å²) in [5.41, 5.74) is 14.5. The van der Waals surface area contributed by atoms with E-state index < -0.39 is 0 Å². The predicted molar refractivity (Wildman–Crippen MR) is 244 cm³/mol. The maximum Gasteiger partial charge on any atom is 0.0541 e. The molecule has 12 rings (SSSR count). The zero-order valence-corrected chi connectivity index (χ0v) is 31.7. The first kappa shape index (κ1) is 32.1. The Labute approximate surface area is 333 Å². The maximum absolute atomic E-state index is 2.43. The number of benzene rings is 9. The van der Waals surface area contributed by atoms with Crippen LogP contribution in [0.1, 0.15) is 0 Å². The number of hydrogen-bond acceptors (Lipinski definition) is 1. The van der Waals surface area contributed by atoms with Gasteiger partial charge in [-0.15, -0.1) is 11.3 Å². The summed E-state index contributed by atoms with van der Waals surface area (Å²) in [6, 6.07) is 75.7. The Bertz CT molecular complexity index is 3490. The normalized spacial score (nSPS) is 11.9. The number of aromatic nitrogens is 2. The van der Waals surface area contributed by atoms with E-state index in [2.05, 4.69) is 215 Å².